The summed E-state index contributed by atoms with van der Waals surface area (Å²) in [6.07, 6.45) is -0.731. The highest BCUT2D eigenvalue weighted by molar-refractivity contribution is 9.10. The molecular formula is C9H7BrFNO. The van der Waals surface area contributed by atoms with Gasteiger partial charge < -0.3 is 4.74 Å². The van der Waals surface area contributed by atoms with Crippen LogP contribution in [-0.2, 0) is 4.74 Å². The molecule has 1 unspecified atom stereocenters. The second kappa shape index (κ2) is 4.35. The topological polar surface area (TPSA) is 33.0 Å². The third-order valence-electron chi connectivity index (χ3n) is 1.59. The molecule has 0 radical (unpaired) electrons. The van der Waals surface area contributed by atoms with Crippen LogP contribution in [0.3, 0.4) is 0 Å². The second-order valence-corrected chi connectivity index (χ2v) is 3.27. The molecule has 0 bridgehead atoms. The third-order valence-corrected chi connectivity index (χ3v) is 2.32. The Balaban J connectivity index is 3.13. The Bertz CT molecular complexity index is 348. The minimum Gasteiger partial charge on any atom is -0.362 e. The summed E-state index contributed by atoms with van der Waals surface area (Å²) in [6, 6.07) is 6.06. The number of halogens is 2. The predicted octanol–water partition coefficient (Wildman–Crippen LogP) is 2.80. The minimum absolute atomic E-state index is 0.379. The van der Waals surface area contributed by atoms with Gasteiger partial charge in [-0.3, -0.25) is 0 Å². The van der Waals surface area contributed by atoms with Gasteiger partial charge in [-0.2, -0.15) is 5.26 Å². The number of hydrogen-bond acceptors (Lipinski definition) is 2. The average Bonchev–Trinajstić information content (AvgIpc) is 2.13. The van der Waals surface area contributed by atoms with E-state index in [0.29, 0.717) is 10.0 Å². The van der Waals surface area contributed by atoms with Crippen molar-refractivity contribution in [2.75, 3.05) is 7.11 Å². The van der Waals surface area contributed by atoms with E-state index in [1.54, 1.807) is 6.07 Å². The first-order valence-corrected chi connectivity index (χ1v) is 4.35. The van der Waals surface area contributed by atoms with Gasteiger partial charge in [0, 0.05) is 17.1 Å². The standard InChI is InChI=1S/C9H7BrFNO/c1-13-9(5-12)7-4-6(11)2-3-8(7)10/h2-4,9H,1H3. The van der Waals surface area contributed by atoms with Crippen LogP contribution in [0.15, 0.2) is 22.7 Å². The quantitative estimate of drug-likeness (QED) is 0.801. The van der Waals surface area contributed by atoms with E-state index in [1.165, 1.54) is 19.2 Å². The Morgan fingerprint density at radius 1 is 1.62 bits per heavy atom. The van der Waals surface area contributed by atoms with Gasteiger partial charge in [-0.1, -0.05) is 15.9 Å². The molecular weight excluding hydrogens is 237 g/mol. The van der Waals surface area contributed by atoms with Crippen LogP contribution in [0.4, 0.5) is 4.39 Å². The summed E-state index contributed by atoms with van der Waals surface area (Å²) in [6.45, 7) is 0. The molecule has 1 atom stereocenters. The zero-order chi connectivity index (χ0) is 9.84. The minimum atomic E-state index is -0.731. The lowest BCUT2D eigenvalue weighted by Crippen LogP contribution is -1.99. The molecule has 0 saturated carbocycles. The lowest BCUT2D eigenvalue weighted by atomic mass is 10.1. The summed E-state index contributed by atoms with van der Waals surface area (Å²) in [7, 11) is 1.41. The largest absolute Gasteiger partial charge is 0.362 e. The molecule has 0 aliphatic heterocycles. The van der Waals surface area contributed by atoms with Crippen molar-refractivity contribution >= 4 is 15.9 Å². The molecule has 0 aliphatic rings. The molecule has 0 heterocycles. The van der Waals surface area contributed by atoms with Gasteiger partial charge in [0.15, 0.2) is 6.10 Å². The van der Waals surface area contributed by atoms with Gasteiger partial charge in [0.05, 0.1) is 6.07 Å². The van der Waals surface area contributed by atoms with Gasteiger partial charge in [-0.05, 0) is 18.2 Å². The van der Waals surface area contributed by atoms with E-state index >= 15 is 0 Å². The molecule has 0 spiro atoms. The smallest absolute Gasteiger partial charge is 0.169 e. The number of rotatable bonds is 2. The highest BCUT2D eigenvalue weighted by Gasteiger charge is 2.13. The van der Waals surface area contributed by atoms with E-state index in [9.17, 15) is 4.39 Å². The van der Waals surface area contributed by atoms with Gasteiger partial charge in [0.2, 0.25) is 0 Å². The monoisotopic (exact) mass is 243 g/mol. The van der Waals surface area contributed by atoms with Gasteiger partial charge >= 0.3 is 0 Å². The molecule has 1 aromatic carbocycles. The summed E-state index contributed by atoms with van der Waals surface area (Å²) in [5.74, 6) is -0.379. The third kappa shape index (κ3) is 2.27. The number of methoxy groups -OCH3 is 1. The average molecular weight is 244 g/mol. The summed E-state index contributed by atoms with van der Waals surface area (Å²) in [5, 5.41) is 8.68. The highest BCUT2D eigenvalue weighted by atomic mass is 79.9. The lowest BCUT2D eigenvalue weighted by Gasteiger charge is -2.08. The first kappa shape index (κ1) is 10.2. The number of nitriles is 1. The Morgan fingerprint density at radius 3 is 2.85 bits per heavy atom. The van der Waals surface area contributed by atoms with Crippen LogP contribution in [0.5, 0.6) is 0 Å². The van der Waals surface area contributed by atoms with E-state index < -0.39 is 6.10 Å². The van der Waals surface area contributed by atoms with Crippen LogP contribution >= 0.6 is 15.9 Å². The van der Waals surface area contributed by atoms with Gasteiger partial charge in [-0.25, -0.2) is 4.39 Å². The number of ether oxygens (including phenoxy) is 1. The van der Waals surface area contributed by atoms with E-state index in [1.807, 2.05) is 6.07 Å². The number of nitrogens with zero attached hydrogens (tertiary/aromatic N) is 1. The molecule has 0 aliphatic carbocycles. The van der Waals surface area contributed by atoms with Crippen molar-refractivity contribution in [3.63, 3.8) is 0 Å². The van der Waals surface area contributed by atoms with Crippen LogP contribution in [-0.4, -0.2) is 7.11 Å². The van der Waals surface area contributed by atoms with Crippen molar-refractivity contribution in [1.82, 2.24) is 0 Å². The number of hydrogen-bond donors (Lipinski definition) is 0. The molecule has 0 fully saturated rings. The lowest BCUT2D eigenvalue weighted by molar-refractivity contribution is 0.148. The molecule has 13 heavy (non-hydrogen) atoms. The van der Waals surface area contributed by atoms with Crippen molar-refractivity contribution in [2.24, 2.45) is 0 Å². The molecule has 68 valence electrons. The van der Waals surface area contributed by atoms with Crippen molar-refractivity contribution < 1.29 is 9.13 Å². The normalized spacial score (nSPS) is 12.2. The molecule has 4 heteroatoms. The van der Waals surface area contributed by atoms with E-state index in [4.69, 9.17) is 10.00 Å². The fourth-order valence-corrected chi connectivity index (χ4v) is 1.42. The Kier molecular flexibility index (Phi) is 3.40. The maximum atomic E-state index is 12.8. The van der Waals surface area contributed by atoms with E-state index in [-0.39, 0.29) is 5.82 Å². The zero-order valence-corrected chi connectivity index (χ0v) is 8.51. The first-order chi connectivity index (χ1) is 6.19. The van der Waals surface area contributed by atoms with Crippen molar-refractivity contribution in [1.29, 1.82) is 5.26 Å². The summed E-state index contributed by atoms with van der Waals surface area (Å²) >= 11 is 3.21. The van der Waals surface area contributed by atoms with Crippen molar-refractivity contribution in [2.45, 2.75) is 6.10 Å². The molecule has 2 nitrogen and oxygen atoms in total. The molecule has 0 aromatic heterocycles. The summed E-state index contributed by atoms with van der Waals surface area (Å²) < 4.78 is 18.3. The predicted molar refractivity (Wildman–Crippen MR) is 49.5 cm³/mol. The molecule has 0 amide bonds. The van der Waals surface area contributed by atoms with Crippen LogP contribution in [0.25, 0.3) is 0 Å². The Labute approximate surface area is 84.1 Å². The Hall–Kier alpha value is -0.920. The van der Waals surface area contributed by atoms with Crippen LogP contribution in [0.1, 0.15) is 11.7 Å². The zero-order valence-electron chi connectivity index (χ0n) is 6.92. The van der Waals surface area contributed by atoms with Crippen LogP contribution < -0.4 is 0 Å². The van der Waals surface area contributed by atoms with Gasteiger partial charge in [0.25, 0.3) is 0 Å². The fraction of sp³-hybridized carbons (Fsp3) is 0.222. The summed E-state index contributed by atoms with van der Waals surface area (Å²) in [5.41, 5.74) is 0.505. The van der Waals surface area contributed by atoms with E-state index in [0.717, 1.165) is 0 Å². The molecule has 0 N–H and O–H groups in total. The number of benzene rings is 1. The summed E-state index contributed by atoms with van der Waals surface area (Å²) in [4.78, 5) is 0. The van der Waals surface area contributed by atoms with E-state index in [2.05, 4.69) is 15.9 Å². The second-order valence-electron chi connectivity index (χ2n) is 2.41. The molecule has 1 aromatic rings. The Morgan fingerprint density at radius 2 is 2.31 bits per heavy atom. The SMILES string of the molecule is COC(C#N)c1cc(F)ccc1Br. The van der Waals surface area contributed by atoms with Crippen LogP contribution in [0, 0.1) is 17.1 Å². The van der Waals surface area contributed by atoms with Crippen LogP contribution in [0.2, 0.25) is 0 Å². The van der Waals surface area contributed by atoms with Crippen molar-refractivity contribution in [3.05, 3.63) is 34.1 Å². The van der Waals surface area contributed by atoms with Gasteiger partial charge in [-0.15, -0.1) is 0 Å². The fourth-order valence-electron chi connectivity index (χ4n) is 0.965. The maximum absolute atomic E-state index is 12.8. The molecule has 0 saturated heterocycles. The maximum Gasteiger partial charge on any atom is 0.169 e. The molecule has 1 rings (SSSR count). The van der Waals surface area contributed by atoms with Gasteiger partial charge in [0.1, 0.15) is 5.82 Å². The first-order valence-electron chi connectivity index (χ1n) is 3.56. The van der Waals surface area contributed by atoms with Crippen molar-refractivity contribution in [3.8, 4) is 6.07 Å². The highest BCUT2D eigenvalue weighted by Crippen LogP contribution is 2.25.